The summed E-state index contributed by atoms with van der Waals surface area (Å²) in [6.07, 6.45) is 5.55. The fourth-order valence-corrected chi connectivity index (χ4v) is 4.02. The van der Waals surface area contributed by atoms with Crippen LogP contribution in [-0.2, 0) is 0 Å². The van der Waals surface area contributed by atoms with E-state index in [9.17, 15) is 0 Å². The van der Waals surface area contributed by atoms with E-state index in [0.717, 1.165) is 23.7 Å². The van der Waals surface area contributed by atoms with Gasteiger partial charge in [0.15, 0.2) is 5.13 Å². The topological polar surface area (TPSA) is 46.8 Å². The minimum atomic E-state index is 0.372. The molecule has 3 heterocycles. The fourth-order valence-electron chi connectivity index (χ4n) is 2.38. The molecule has 0 radical (unpaired) electrons. The van der Waals surface area contributed by atoms with E-state index in [1.54, 1.807) is 40.3 Å². The van der Waals surface area contributed by atoms with Crippen LogP contribution in [0.15, 0.2) is 35.5 Å². The predicted octanol–water partition coefficient (Wildman–Crippen LogP) is 2.67. The standard InChI is InChI=1S/C13H13N5S2/c1-19-10-3-2-4-11-12(10)16-13(20-11)17-7-9(8-17)18-14-5-6-15-18/h2-6,9H,7-8H2,1H3. The molecule has 0 N–H and O–H groups in total. The lowest BCUT2D eigenvalue weighted by Crippen LogP contribution is -2.48. The van der Waals surface area contributed by atoms with Gasteiger partial charge in [-0.2, -0.15) is 15.0 Å². The van der Waals surface area contributed by atoms with Crippen LogP contribution in [0.2, 0.25) is 0 Å². The number of anilines is 1. The third-order valence-corrected chi connectivity index (χ3v) is 5.34. The monoisotopic (exact) mass is 303 g/mol. The second-order valence-corrected chi connectivity index (χ2v) is 6.57. The van der Waals surface area contributed by atoms with E-state index in [0.29, 0.717) is 6.04 Å². The Morgan fingerprint density at radius 3 is 2.80 bits per heavy atom. The predicted molar refractivity (Wildman–Crippen MR) is 82.7 cm³/mol. The zero-order valence-electron chi connectivity index (χ0n) is 10.9. The van der Waals surface area contributed by atoms with Gasteiger partial charge in [-0.15, -0.1) is 11.8 Å². The van der Waals surface area contributed by atoms with E-state index in [2.05, 4.69) is 39.6 Å². The lowest BCUT2D eigenvalue weighted by atomic mass is 10.1. The Morgan fingerprint density at radius 1 is 1.25 bits per heavy atom. The Labute approximate surface area is 124 Å². The van der Waals surface area contributed by atoms with Crippen molar-refractivity contribution in [3.8, 4) is 0 Å². The molecule has 0 spiro atoms. The summed E-state index contributed by atoms with van der Waals surface area (Å²) in [5, 5.41) is 9.49. The molecule has 102 valence electrons. The smallest absolute Gasteiger partial charge is 0.186 e. The highest BCUT2D eigenvalue weighted by Gasteiger charge is 2.31. The molecule has 2 aromatic heterocycles. The maximum Gasteiger partial charge on any atom is 0.186 e. The van der Waals surface area contributed by atoms with Crippen LogP contribution in [0.25, 0.3) is 10.2 Å². The van der Waals surface area contributed by atoms with Gasteiger partial charge in [0.2, 0.25) is 0 Å². The van der Waals surface area contributed by atoms with Crippen LogP contribution in [0.5, 0.6) is 0 Å². The molecule has 0 bridgehead atoms. The molecule has 0 unspecified atom stereocenters. The van der Waals surface area contributed by atoms with Gasteiger partial charge in [0.1, 0.15) is 6.04 Å². The number of thiazole rings is 1. The molecule has 7 heteroatoms. The van der Waals surface area contributed by atoms with Crippen LogP contribution in [0, 0.1) is 0 Å². The highest BCUT2D eigenvalue weighted by molar-refractivity contribution is 7.98. The van der Waals surface area contributed by atoms with Gasteiger partial charge in [-0.05, 0) is 18.4 Å². The maximum atomic E-state index is 4.79. The summed E-state index contributed by atoms with van der Waals surface area (Å²) in [5.41, 5.74) is 1.13. The molecule has 0 atom stereocenters. The molecule has 5 nitrogen and oxygen atoms in total. The highest BCUT2D eigenvalue weighted by atomic mass is 32.2. The summed E-state index contributed by atoms with van der Waals surface area (Å²) >= 11 is 3.51. The second kappa shape index (κ2) is 4.75. The van der Waals surface area contributed by atoms with E-state index in [4.69, 9.17) is 4.98 Å². The SMILES string of the molecule is CSc1cccc2sc(N3CC(n4nccn4)C3)nc12. The number of hydrogen-bond acceptors (Lipinski definition) is 6. The first kappa shape index (κ1) is 12.2. The van der Waals surface area contributed by atoms with Crippen molar-refractivity contribution in [1.29, 1.82) is 0 Å². The molecule has 1 fully saturated rings. The van der Waals surface area contributed by atoms with Crippen LogP contribution in [0.3, 0.4) is 0 Å². The van der Waals surface area contributed by atoms with Gasteiger partial charge in [0.25, 0.3) is 0 Å². The summed E-state index contributed by atoms with van der Waals surface area (Å²) < 4.78 is 1.26. The molecule has 1 saturated heterocycles. The van der Waals surface area contributed by atoms with Crippen molar-refractivity contribution in [2.24, 2.45) is 0 Å². The number of para-hydroxylation sites is 1. The molecule has 0 amide bonds. The third-order valence-electron chi connectivity index (χ3n) is 3.49. The summed E-state index contributed by atoms with van der Waals surface area (Å²) in [5.74, 6) is 0. The van der Waals surface area contributed by atoms with Crippen molar-refractivity contribution in [2.75, 3.05) is 24.2 Å². The number of aromatic nitrogens is 4. The van der Waals surface area contributed by atoms with E-state index < -0.39 is 0 Å². The molecule has 4 rings (SSSR count). The number of thioether (sulfide) groups is 1. The summed E-state index contributed by atoms with van der Waals surface area (Å²) in [6.45, 7) is 1.87. The van der Waals surface area contributed by atoms with Crippen LogP contribution in [-0.4, -0.2) is 39.3 Å². The Morgan fingerprint density at radius 2 is 2.05 bits per heavy atom. The normalized spacial score (nSPS) is 15.8. The van der Waals surface area contributed by atoms with Crippen molar-refractivity contribution in [3.63, 3.8) is 0 Å². The highest BCUT2D eigenvalue weighted by Crippen LogP contribution is 2.36. The van der Waals surface area contributed by atoms with Gasteiger partial charge in [0.05, 0.1) is 22.6 Å². The minimum Gasteiger partial charge on any atom is -0.343 e. The average Bonchev–Trinajstić information content (AvgIpc) is 3.05. The number of benzene rings is 1. The first-order chi connectivity index (χ1) is 9.85. The summed E-state index contributed by atoms with van der Waals surface area (Å²) in [7, 11) is 0. The maximum absolute atomic E-state index is 4.79. The zero-order valence-corrected chi connectivity index (χ0v) is 12.6. The third kappa shape index (κ3) is 1.89. The van der Waals surface area contributed by atoms with E-state index in [1.807, 2.05) is 0 Å². The fraction of sp³-hybridized carbons (Fsp3) is 0.308. The van der Waals surface area contributed by atoms with Crippen molar-refractivity contribution < 1.29 is 0 Å². The molecule has 1 aliphatic rings. The molecule has 20 heavy (non-hydrogen) atoms. The zero-order chi connectivity index (χ0) is 13.5. The number of fused-ring (bicyclic) bond motifs is 1. The van der Waals surface area contributed by atoms with E-state index in [-0.39, 0.29) is 0 Å². The van der Waals surface area contributed by atoms with Gasteiger partial charge >= 0.3 is 0 Å². The second-order valence-electron chi connectivity index (χ2n) is 4.71. The van der Waals surface area contributed by atoms with Crippen molar-refractivity contribution >= 4 is 38.4 Å². The first-order valence-electron chi connectivity index (χ1n) is 6.39. The van der Waals surface area contributed by atoms with Crippen LogP contribution >= 0.6 is 23.1 Å². The van der Waals surface area contributed by atoms with Crippen molar-refractivity contribution in [2.45, 2.75) is 10.9 Å². The first-order valence-corrected chi connectivity index (χ1v) is 8.43. The van der Waals surface area contributed by atoms with Crippen LogP contribution < -0.4 is 4.90 Å². The molecular formula is C13H13N5S2. The Balaban J connectivity index is 1.58. The van der Waals surface area contributed by atoms with Gasteiger partial charge in [0, 0.05) is 18.0 Å². The van der Waals surface area contributed by atoms with Gasteiger partial charge < -0.3 is 4.90 Å². The lowest BCUT2D eigenvalue weighted by Gasteiger charge is -2.37. The summed E-state index contributed by atoms with van der Waals surface area (Å²) in [6, 6.07) is 6.74. The Hall–Kier alpha value is -1.60. The van der Waals surface area contributed by atoms with Crippen LogP contribution in [0.1, 0.15) is 6.04 Å². The molecule has 0 aliphatic carbocycles. The number of hydrogen-bond donors (Lipinski definition) is 0. The van der Waals surface area contributed by atoms with Gasteiger partial charge in [-0.1, -0.05) is 17.4 Å². The number of nitrogens with zero attached hydrogens (tertiary/aromatic N) is 5. The minimum absolute atomic E-state index is 0.372. The molecule has 1 aromatic carbocycles. The van der Waals surface area contributed by atoms with E-state index in [1.165, 1.54) is 9.60 Å². The Bertz CT molecular complexity index is 730. The van der Waals surface area contributed by atoms with Crippen molar-refractivity contribution in [1.82, 2.24) is 20.0 Å². The van der Waals surface area contributed by atoms with Gasteiger partial charge in [-0.25, -0.2) is 4.98 Å². The quantitative estimate of drug-likeness (QED) is 0.696. The largest absolute Gasteiger partial charge is 0.343 e. The summed E-state index contributed by atoms with van der Waals surface area (Å²) in [4.78, 5) is 10.1. The number of rotatable bonds is 3. The molecule has 1 aliphatic heterocycles. The van der Waals surface area contributed by atoms with Gasteiger partial charge in [-0.3, -0.25) is 0 Å². The van der Waals surface area contributed by atoms with Crippen molar-refractivity contribution in [3.05, 3.63) is 30.6 Å². The van der Waals surface area contributed by atoms with Crippen LogP contribution in [0.4, 0.5) is 5.13 Å². The molecular weight excluding hydrogens is 290 g/mol. The average molecular weight is 303 g/mol. The molecule has 3 aromatic rings. The molecule has 0 saturated carbocycles. The van der Waals surface area contributed by atoms with E-state index >= 15 is 0 Å². The Kier molecular flexibility index (Phi) is 2.89. The lowest BCUT2D eigenvalue weighted by molar-refractivity contribution is 0.332.